The Morgan fingerprint density at radius 2 is 1.89 bits per heavy atom. The monoisotopic (exact) mass is 382 g/mol. The third-order valence-electron chi connectivity index (χ3n) is 5.32. The van der Waals surface area contributed by atoms with Crippen LogP contribution in [0.15, 0.2) is 30.5 Å². The van der Waals surface area contributed by atoms with Crippen LogP contribution in [-0.2, 0) is 5.41 Å². The predicted molar refractivity (Wildman–Crippen MR) is 116 cm³/mol. The van der Waals surface area contributed by atoms with Crippen molar-refractivity contribution in [3.63, 3.8) is 0 Å². The fourth-order valence-electron chi connectivity index (χ4n) is 3.66. The molecular weight excluding hydrogens is 348 g/mol. The van der Waals surface area contributed by atoms with Crippen LogP contribution in [0.5, 0.6) is 5.75 Å². The molecule has 1 aliphatic rings. The van der Waals surface area contributed by atoms with Crippen molar-refractivity contribution in [2.45, 2.75) is 59.0 Å². The summed E-state index contributed by atoms with van der Waals surface area (Å²) in [4.78, 5) is 11.7. The molecule has 0 radical (unpaired) electrons. The predicted octanol–water partition coefficient (Wildman–Crippen LogP) is 4.40. The number of nitrogens with zero attached hydrogens (tertiary/aromatic N) is 3. The number of ether oxygens (including phenoxy) is 1. The molecule has 0 atom stereocenters. The van der Waals surface area contributed by atoms with E-state index in [-0.39, 0.29) is 11.5 Å². The molecule has 1 fully saturated rings. The molecule has 0 saturated carbocycles. The van der Waals surface area contributed by atoms with Gasteiger partial charge in [0.15, 0.2) is 0 Å². The minimum Gasteiger partial charge on any atom is -0.491 e. The normalized spacial score (nSPS) is 15.9. The Balaban J connectivity index is 1.89. The molecule has 1 aromatic carbocycles. The van der Waals surface area contributed by atoms with E-state index in [0.29, 0.717) is 5.92 Å². The number of hydrogen-bond donors (Lipinski definition) is 1. The van der Waals surface area contributed by atoms with E-state index in [1.54, 1.807) is 0 Å². The van der Waals surface area contributed by atoms with Crippen LogP contribution in [0.1, 0.15) is 53.0 Å². The number of benzene rings is 1. The molecule has 0 amide bonds. The Hall–Kier alpha value is -2.14. The fourth-order valence-corrected chi connectivity index (χ4v) is 3.66. The van der Waals surface area contributed by atoms with Crippen molar-refractivity contribution in [1.82, 2.24) is 9.97 Å². The third kappa shape index (κ3) is 4.82. The van der Waals surface area contributed by atoms with Gasteiger partial charge in [-0.05, 0) is 68.8 Å². The first-order valence-corrected chi connectivity index (χ1v) is 10.4. The molecule has 5 heteroatoms. The Labute approximate surface area is 169 Å². The molecule has 1 saturated heterocycles. The van der Waals surface area contributed by atoms with Gasteiger partial charge in [-0.1, -0.05) is 20.8 Å². The summed E-state index contributed by atoms with van der Waals surface area (Å²) in [6, 6.07) is 8.37. The molecule has 0 unspecified atom stereocenters. The van der Waals surface area contributed by atoms with Crippen LogP contribution in [-0.4, -0.2) is 35.7 Å². The van der Waals surface area contributed by atoms with E-state index in [4.69, 9.17) is 15.5 Å². The average Bonchev–Trinajstić information content (AvgIpc) is 2.67. The van der Waals surface area contributed by atoms with Gasteiger partial charge in [0.25, 0.3) is 0 Å². The molecule has 2 heterocycles. The second-order valence-corrected chi connectivity index (χ2v) is 9.04. The highest BCUT2D eigenvalue weighted by Gasteiger charge is 2.22. The number of nitrogens with two attached hydrogens (primary N) is 1. The average molecular weight is 383 g/mol. The van der Waals surface area contributed by atoms with E-state index in [1.807, 2.05) is 12.3 Å². The lowest BCUT2D eigenvalue weighted by atomic mass is 9.85. The van der Waals surface area contributed by atoms with E-state index in [2.05, 4.69) is 62.7 Å². The van der Waals surface area contributed by atoms with E-state index >= 15 is 0 Å². The van der Waals surface area contributed by atoms with Gasteiger partial charge in [-0.3, -0.25) is 0 Å². The second-order valence-electron chi connectivity index (χ2n) is 9.04. The quantitative estimate of drug-likeness (QED) is 0.830. The summed E-state index contributed by atoms with van der Waals surface area (Å²) in [7, 11) is 0. The standard InChI is InChI=1S/C23H34N4O/c1-16(2)28-21-7-6-18(14-19(21)23(3,4)5)20-8-11-25-22(26-20)27-12-9-17(15-24)10-13-27/h6-8,11,14,16-17H,9-10,12-13,15,24H2,1-5H3. The molecule has 5 nitrogen and oxygen atoms in total. The SMILES string of the molecule is CC(C)Oc1ccc(-c2ccnc(N3CCC(CN)CC3)n2)cc1C(C)(C)C. The second kappa shape index (κ2) is 8.48. The van der Waals surface area contributed by atoms with Crippen LogP contribution in [0.25, 0.3) is 11.3 Å². The van der Waals surface area contributed by atoms with Crippen LogP contribution in [0.2, 0.25) is 0 Å². The zero-order chi connectivity index (χ0) is 20.3. The third-order valence-corrected chi connectivity index (χ3v) is 5.32. The molecule has 0 bridgehead atoms. The van der Waals surface area contributed by atoms with E-state index in [0.717, 1.165) is 55.4 Å². The molecule has 28 heavy (non-hydrogen) atoms. The van der Waals surface area contributed by atoms with Crippen molar-refractivity contribution >= 4 is 5.95 Å². The van der Waals surface area contributed by atoms with Gasteiger partial charge in [0, 0.05) is 30.4 Å². The number of aromatic nitrogens is 2. The van der Waals surface area contributed by atoms with Crippen molar-refractivity contribution < 1.29 is 4.74 Å². The maximum atomic E-state index is 6.05. The molecular formula is C23H34N4O. The molecule has 2 aromatic rings. The fraction of sp³-hybridized carbons (Fsp3) is 0.565. The maximum absolute atomic E-state index is 6.05. The first-order chi connectivity index (χ1) is 13.3. The summed E-state index contributed by atoms with van der Waals surface area (Å²) in [5.41, 5.74) is 9.05. The van der Waals surface area contributed by atoms with Crippen LogP contribution < -0.4 is 15.4 Å². The molecule has 1 aromatic heterocycles. The van der Waals surface area contributed by atoms with Crippen LogP contribution in [0, 0.1) is 5.92 Å². The largest absolute Gasteiger partial charge is 0.491 e. The van der Waals surface area contributed by atoms with Crippen molar-refractivity contribution in [1.29, 1.82) is 0 Å². The Morgan fingerprint density at radius 1 is 1.18 bits per heavy atom. The Bertz CT molecular complexity index is 789. The van der Waals surface area contributed by atoms with Crippen molar-refractivity contribution in [2.75, 3.05) is 24.5 Å². The number of rotatable bonds is 5. The van der Waals surface area contributed by atoms with Gasteiger partial charge in [-0.2, -0.15) is 0 Å². The lowest BCUT2D eigenvalue weighted by Gasteiger charge is -2.31. The summed E-state index contributed by atoms with van der Waals surface area (Å²) in [5, 5.41) is 0. The van der Waals surface area contributed by atoms with Crippen LogP contribution >= 0.6 is 0 Å². The molecule has 1 aliphatic heterocycles. The minimum absolute atomic E-state index is 0.0137. The highest BCUT2D eigenvalue weighted by Crippen LogP contribution is 2.35. The van der Waals surface area contributed by atoms with Gasteiger partial charge in [-0.25, -0.2) is 9.97 Å². The molecule has 152 valence electrons. The summed E-state index contributed by atoms with van der Waals surface area (Å²) in [6.07, 6.45) is 4.23. The first kappa shape index (κ1) is 20.6. The van der Waals surface area contributed by atoms with E-state index in [1.165, 1.54) is 5.56 Å². The zero-order valence-electron chi connectivity index (χ0n) is 17.9. The number of anilines is 1. The minimum atomic E-state index is -0.0137. The zero-order valence-corrected chi connectivity index (χ0v) is 17.9. The number of piperidine rings is 1. The Morgan fingerprint density at radius 3 is 2.50 bits per heavy atom. The smallest absolute Gasteiger partial charge is 0.225 e. The van der Waals surface area contributed by atoms with Crippen molar-refractivity contribution in [2.24, 2.45) is 11.7 Å². The van der Waals surface area contributed by atoms with E-state index in [9.17, 15) is 0 Å². The molecule has 2 N–H and O–H groups in total. The summed E-state index contributed by atoms with van der Waals surface area (Å²) in [5.74, 6) is 2.39. The van der Waals surface area contributed by atoms with Gasteiger partial charge < -0.3 is 15.4 Å². The van der Waals surface area contributed by atoms with Gasteiger partial charge in [-0.15, -0.1) is 0 Å². The highest BCUT2D eigenvalue weighted by atomic mass is 16.5. The lowest BCUT2D eigenvalue weighted by Crippen LogP contribution is -2.37. The van der Waals surface area contributed by atoms with E-state index < -0.39 is 0 Å². The molecule has 0 spiro atoms. The lowest BCUT2D eigenvalue weighted by molar-refractivity contribution is 0.236. The topological polar surface area (TPSA) is 64.3 Å². The number of hydrogen-bond acceptors (Lipinski definition) is 5. The van der Waals surface area contributed by atoms with Gasteiger partial charge in [0.2, 0.25) is 5.95 Å². The highest BCUT2D eigenvalue weighted by molar-refractivity contribution is 5.64. The summed E-state index contributed by atoms with van der Waals surface area (Å²) < 4.78 is 6.05. The van der Waals surface area contributed by atoms with Gasteiger partial charge in [0.1, 0.15) is 5.75 Å². The molecule has 3 rings (SSSR count). The van der Waals surface area contributed by atoms with Crippen molar-refractivity contribution in [3.05, 3.63) is 36.0 Å². The van der Waals surface area contributed by atoms with Gasteiger partial charge >= 0.3 is 0 Å². The van der Waals surface area contributed by atoms with Crippen molar-refractivity contribution in [3.8, 4) is 17.0 Å². The maximum Gasteiger partial charge on any atom is 0.225 e. The summed E-state index contributed by atoms with van der Waals surface area (Å²) in [6.45, 7) is 13.5. The van der Waals surface area contributed by atoms with Gasteiger partial charge in [0.05, 0.1) is 11.8 Å². The molecule has 0 aliphatic carbocycles. The Kier molecular flexibility index (Phi) is 6.23. The van der Waals surface area contributed by atoms with Crippen LogP contribution in [0.4, 0.5) is 5.95 Å². The van der Waals surface area contributed by atoms with Crippen LogP contribution in [0.3, 0.4) is 0 Å². The summed E-state index contributed by atoms with van der Waals surface area (Å²) >= 11 is 0. The first-order valence-electron chi connectivity index (χ1n) is 10.4.